The monoisotopic (exact) mass is 271 g/mol. The van der Waals surface area contributed by atoms with Crippen molar-refractivity contribution in [2.24, 2.45) is 0 Å². The molecule has 0 bridgehead atoms. The molecule has 0 saturated carbocycles. The molecule has 2 rings (SSSR count). The Morgan fingerprint density at radius 2 is 2.06 bits per heavy atom. The summed E-state index contributed by atoms with van der Waals surface area (Å²) < 4.78 is 37.0. The third-order valence-corrected chi connectivity index (χ3v) is 4.07. The minimum atomic E-state index is -4.27. The summed E-state index contributed by atoms with van der Waals surface area (Å²) in [5, 5.41) is 0. The molecule has 0 radical (unpaired) electrons. The topological polar surface area (TPSA) is 66.8 Å². The fourth-order valence-electron chi connectivity index (χ4n) is 2.32. The number of anilines is 1. The largest absolute Gasteiger partial charge is 0.495 e. The Morgan fingerprint density at radius 1 is 1.39 bits per heavy atom. The predicted molar refractivity (Wildman–Crippen MR) is 69.0 cm³/mol. The van der Waals surface area contributed by atoms with Crippen LogP contribution in [0.25, 0.3) is 0 Å². The quantitative estimate of drug-likeness (QED) is 0.848. The molecular formula is C12H17NO4S. The first-order valence-corrected chi connectivity index (χ1v) is 7.23. The van der Waals surface area contributed by atoms with Crippen molar-refractivity contribution in [3.8, 4) is 5.75 Å². The zero-order valence-corrected chi connectivity index (χ0v) is 11.5. The zero-order chi connectivity index (χ0) is 13.5. The van der Waals surface area contributed by atoms with Gasteiger partial charge in [-0.25, -0.2) is 0 Å². The molecule has 0 unspecified atom stereocenters. The van der Waals surface area contributed by atoms with Crippen LogP contribution in [0.2, 0.25) is 0 Å². The van der Waals surface area contributed by atoms with Crippen molar-refractivity contribution >= 4 is 15.8 Å². The van der Waals surface area contributed by atoms with Gasteiger partial charge in [0.15, 0.2) is 0 Å². The van der Waals surface area contributed by atoms with Gasteiger partial charge in [-0.3, -0.25) is 4.55 Å². The summed E-state index contributed by atoms with van der Waals surface area (Å²) in [4.78, 5) is 1.94. The molecule has 0 aromatic heterocycles. The summed E-state index contributed by atoms with van der Waals surface area (Å²) in [5.41, 5.74) is 1.91. The van der Waals surface area contributed by atoms with Gasteiger partial charge in [-0.05, 0) is 38.0 Å². The summed E-state index contributed by atoms with van der Waals surface area (Å²) in [7, 11) is -2.87. The van der Waals surface area contributed by atoms with Crippen LogP contribution in [-0.4, -0.2) is 32.7 Å². The van der Waals surface area contributed by atoms with E-state index in [9.17, 15) is 13.0 Å². The Bertz CT molecular complexity index is 566. The first-order valence-electron chi connectivity index (χ1n) is 5.79. The third-order valence-electron chi connectivity index (χ3n) is 3.20. The maximum absolute atomic E-state index is 11.3. The Morgan fingerprint density at radius 3 is 2.56 bits per heavy atom. The van der Waals surface area contributed by atoms with E-state index in [1.807, 2.05) is 13.8 Å². The Kier molecular flexibility index (Phi) is 3.25. The van der Waals surface area contributed by atoms with Crippen molar-refractivity contribution in [3.63, 3.8) is 0 Å². The molecule has 5 nitrogen and oxygen atoms in total. The standard InChI is InChI=1S/C12H17NO4S/c1-8(2)13-5-4-9-6-11(17-3)12(7-10(9)13)18(14,15)16/h6-8H,4-5H2,1-3H3,(H,14,15,16). The highest BCUT2D eigenvalue weighted by Gasteiger charge is 2.27. The lowest BCUT2D eigenvalue weighted by Crippen LogP contribution is -2.28. The Labute approximate surface area is 107 Å². The second-order valence-electron chi connectivity index (χ2n) is 4.64. The lowest BCUT2D eigenvalue weighted by molar-refractivity contribution is 0.397. The first kappa shape index (κ1) is 13.2. The number of benzene rings is 1. The smallest absolute Gasteiger partial charge is 0.298 e. The van der Waals surface area contributed by atoms with Crippen LogP contribution in [0.3, 0.4) is 0 Å². The lowest BCUT2D eigenvalue weighted by atomic mass is 10.1. The normalized spacial score (nSPS) is 15.1. The van der Waals surface area contributed by atoms with Crippen molar-refractivity contribution in [3.05, 3.63) is 17.7 Å². The summed E-state index contributed by atoms with van der Waals surface area (Å²) in [6.45, 7) is 4.95. The van der Waals surface area contributed by atoms with Gasteiger partial charge in [-0.1, -0.05) is 0 Å². The average molecular weight is 271 g/mol. The van der Waals surface area contributed by atoms with Crippen molar-refractivity contribution in [2.75, 3.05) is 18.6 Å². The molecule has 6 heteroatoms. The average Bonchev–Trinajstić information content (AvgIpc) is 2.68. The number of rotatable bonds is 3. The molecule has 1 aromatic rings. The number of ether oxygens (including phenoxy) is 1. The van der Waals surface area contributed by atoms with Crippen LogP contribution in [-0.2, 0) is 16.5 Å². The molecule has 0 spiro atoms. The number of hydrogen-bond donors (Lipinski definition) is 1. The minimum Gasteiger partial charge on any atom is -0.495 e. The Hall–Kier alpha value is -1.27. The van der Waals surface area contributed by atoms with E-state index in [1.54, 1.807) is 6.07 Å². The highest BCUT2D eigenvalue weighted by Crippen LogP contribution is 2.37. The molecule has 0 aliphatic carbocycles. The number of fused-ring (bicyclic) bond motifs is 1. The summed E-state index contributed by atoms with van der Waals surface area (Å²) in [6.07, 6.45) is 0.857. The van der Waals surface area contributed by atoms with Crippen molar-refractivity contribution in [1.29, 1.82) is 0 Å². The fourth-order valence-corrected chi connectivity index (χ4v) is 2.97. The van der Waals surface area contributed by atoms with Crippen LogP contribution in [0, 0.1) is 0 Å². The van der Waals surface area contributed by atoms with Crippen molar-refractivity contribution < 1.29 is 17.7 Å². The molecule has 1 aromatic carbocycles. The Balaban J connectivity index is 2.61. The molecule has 100 valence electrons. The lowest BCUT2D eigenvalue weighted by Gasteiger charge is -2.24. The maximum Gasteiger partial charge on any atom is 0.298 e. The van der Waals surface area contributed by atoms with Crippen LogP contribution >= 0.6 is 0 Å². The van der Waals surface area contributed by atoms with E-state index in [-0.39, 0.29) is 16.7 Å². The summed E-state index contributed by atoms with van der Waals surface area (Å²) >= 11 is 0. The third kappa shape index (κ3) is 2.18. The van der Waals surface area contributed by atoms with Crippen LogP contribution in [0.5, 0.6) is 5.75 Å². The second-order valence-corrected chi connectivity index (χ2v) is 6.03. The zero-order valence-electron chi connectivity index (χ0n) is 10.7. The van der Waals surface area contributed by atoms with Gasteiger partial charge < -0.3 is 9.64 Å². The van der Waals surface area contributed by atoms with Gasteiger partial charge in [-0.2, -0.15) is 8.42 Å². The van der Waals surface area contributed by atoms with Crippen LogP contribution < -0.4 is 9.64 Å². The molecule has 1 N–H and O–H groups in total. The minimum absolute atomic E-state index is 0.170. The maximum atomic E-state index is 11.3. The van der Waals surface area contributed by atoms with Crippen LogP contribution in [0.4, 0.5) is 5.69 Å². The van der Waals surface area contributed by atoms with E-state index in [2.05, 4.69) is 4.90 Å². The molecule has 0 atom stereocenters. The van der Waals surface area contributed by atoms with E-state index >= 15 is 0 Å². The highest BCUT2D eigenvalue weighted by molar-refractivity contribution is 7.86. The number of nitrogens with zero attached hydrogens (tertiary/aromatic N) is 1. The molecule has 1 aliphatic rings. The van der Waals surface area contributed by atoms with Gasteiger partial charge in [-0.15, -0.1) is 0 Å². The number of methoxy groups -OCH3 is 1. The molecular weight excluding hydrogens is 254 g/mol. The molecule has 1 aliphatic heterocycles. The van der Waals surface area contributed by atoms with E-state index in [0.29, 0.717) is 0 Å². The van der Waals surface area contributed by atoms with Crippen molar-refractivity contribution in [1.82, 2.24) is 0 Å². The number of hydrogen-bond acceptors (Lipinski definition) is 4. The van der Waals surface area contributed by atoms with Gasteiger partial charge in [0.25, 0.3) is 10.1 Å². The van der Waals surface area contributed by atoms with Crippen LogP contribution in [0.1, 0.15) is 19.4 Å². The van der Waals surface area contributed by atoms with E-state index in [4.69, 9.17) is 4.74 Å². The summed E-state index contributed by atoms with van der Waals surface area (Å²) in [6, 6.07) is 3.48. The second kappa shape index (κ2) is 4.44. The van der Waals surface area contributed by atoms with Crippen molar-refractivity contribution in [2.45, 2.75) is 31.2 Å². The highest BCUT2D eigenvalue weighted by atomic mass is 32.2. The predicted octanol–water partition coefficient (Wildman–Crippen LogP) is 1.71. The molecule has 0 saturated heterocycles. The molecule has 0 fully saturated rings. The van der Waals surface area contributed by atoms with E-state index < -0.39 is 10.1 Å². The van der Waals surface area contributed by atoms with Gasteiger partial charge >= 0.3 is 0 Å². The van der Waals surface area contributed by atoms with Crippen LogP contribution in [0.15, 0.2) is 17.0 Å². The molecule has 0 amide bonds. The first-order chi connectivity index (χ1) is 8.34. The van der Waals surface area contributed by atoms with E-state index in [0.717, 1.165) is 24.2 Å². The van der Waals surface area contributed by atoms with Gasteiger partial charge in [0.1, 0.15) is 10.6 Å². The SMILES string of the molecule is COc1cc2c(cc1S(=O)(=O)O)N(C(C)C)CC2. The molecule has 18 heavy (non-hydrogen) atoms. The molecule has 1 heterocycles. The van der Waals surface area contributed by atoms with E-state index in [1.165, 1.54) is 13.2 Å². The fraction of sp³-hybridized carbons (Fsp3) is 0.500. The summed E-state index contributed by atoms with van der Waals surface area (Å²) in [5.74, 6) is 0.196. The van der Waals surface area contributed by atoms with Gasteiger partial charge in [0.2, 0.25) is 0 Å². The van der Waals surface area contributed by atoms with Gasteiger partial charge in [0.05, 0.1) is 7.11 Å². The van der Waals surface area contributed by atoms with Gasteiger partial charge in [0, 0.05) is 18.3 Å².